The second-order valence-corrected chi connectivity index (χ2v) is 10.0. The van der Waals surface area contributed by atoms with E-state index in [1.54, 1.807) is 13.0 Å². The fourth-order valence-electron chi connectivity index (χ4n) is 4.90. The molecule has 0 radical (unpaired) electrons. The van der Waals surface area contributed by atoms with Crippen molar-refractivity contribution in [3.05, 3.63) is 87.6 Å². The molecule has 1 aliphatic carbocycles. The number of halogens is 4. The van der Waals surface area contributed by atoms with Crippen molar-refractivity contribution in [1.29, 1.82) is 0 Å². The van der Waals surface area contributed by atoms with Crippen LogP contribution in [0.15, 0.2) is 53.6 Å². The van der Waals surface area contributed by atoms with Gasteiger partial charge in [0.25, 0.3) is 5.56 Å². The maximum absolute atomic E-state index is 14.4. The molecule has 6 rings (SSSR count). The van der Waals surface area contributed by atoms with Crippen LogP contribution in [-0.2, 0) is 17.5 Å². The average molecular weight is 568 g/mol. The van der Waals surface area contributed by atoms with Gasteiger partial charge >= 0.3 is 6.18 Å². The molecule has 5 aromatic rings. The van der Waals surface area contributed by atoms with Gasteiger partial charge in [-0.25, -0.2) is 14.1 Å². The number of rotatable bonds is 8. The van der Waals surface area contributed by atoms with Crippen LogP contribution in [0.1, 0.15) is 41.4 Å². The summed E-state index contributed by atoms with van der Waals surface area (Å²) < 4.78 is 64.5. The van der Waals surface area contributed by atoms with Gasteiger partial charge in [-0.3, -0.25) is 14.7 Å². The van der Waals surface area contributed by atoms with Gasteiger partial charge in [-0.1, -0.05) is 5.21 Å². The molecule has 2 N–H and O–H groups in total. The highest BCUT2D eigenvalue weighted by atomic mass is 19.4. The topological polar surface area (TPSA) is 103 Å². The average Bonchev–Trinajstić information content (AvgIpc) is 3.56. The lowest BCUT2D eigenvalue weighted by Gasteiger charge is -2.16. The number of fused-ring (bicyclic) bond motifs is 1. The Morgan fingerprint density at radius 3 is 2.66 bits per heavy atom. The largest absolute Gasteiger partial charge is 0.418 e. The fraction of sp³-hybridized carbons (Fsp3) is 0.286. The van der Waals surface area contributed by atoms with Gasteiger partial charge in [0, 0.05) is 54.2 Å². The number of nitrogens with zero attached hydrogens (tertiary/aromatic N) is 5. The Balaban J connectivity index is 1.56. The minimum absolute atomic E-state index is 0.0287. The van der Waals surface area contributed by atoms with E-state index < -0.39 is 23.1 Å². The van der Waals surface area contributed by atoms with Crippen LogP contribution in [0, 0.1) is 12.7 Å². The Morgan fingerprint density at radius 1 is 1.17 bits per heavy atom. The van der Waals surface area contributed by atoms with Crippen LogP contribution in [0.2, 0.25) is 0 Å². The third-order valence-corrected chi connectivity index (χ3v) is 7.01. The Labute approximate surface area is 230 Å². The molecule has 0 amide bonds. The summed E-state index contributed by atoms with van der Waals surface area (Å²) in [5.74, 6) is -0.355. The molecule has 4 aromatic heterocycles. The Bertz CT molecular complexity index is 1820. The van der Waals surface area contributed by atoms with Crippen LogP contribution < -0.4 is 10.9 Å². The zero-order valence-electron chi connectivity index (χ0n) is 22.1. The van der Waals surface area contributed by atoms with E-state index >= 15 is 0 Å². The van der Waals surface area contributed by atoms with Gasteiger partial charge in [-0.05, 0) is 55.7 Å². The number of methoxy groups -OCH3 is 1. The molecule has 4 heterocycles. The molecule has 9 nitrogen and oxygen atoms in total. The summed E-state index contributed by atoms with van der Waals surface area (Å²) in [6.45, 7) is 2.13. The highest BCUT2D eigenvalue weighted by Gasteiger charge is 2.35. The predicted molar refractivity (Wildman–Crippen MR) is 142 cm³/mol. The van der Waals surface area contributed by atoms with Gasteiger partial charge in [-0.15, -0.1) is 5.10 Å². The highest BCUT2D eigenvalue weighted by Crippen LogP contribution is 2.42. The summed E-state index contributed by atoms with van der Waals surface area (Å²) in [6, 6.07) is 8.85. The van der Waals surface area contributed by atoms with Crippen LogP contribution in [0.4, 0.5) is 17.6 Å². The standard InChI is InChI=1S/C28H25F4N7O2/c1-15-11-34-37-39(15)24-9-18(29)5-6-20(24)17-7-23(16-3-4-16)36-25(8-17)38-13-22(28(30,31)32)21-10-19(12-33-14-41-2)35-26(21)27(38)40/h5-11,13,16,33,35H,3-4,12,14H2,1-2H3. The highest BCUT2D eigenvalue weighted by molar-refractivity contribution is 5.84. The SMILES string of the molecule is COCNCc1cc2c(C(F)(F)F)cn(-c3cc(-c4ccc(F)cc4-n4nncc4C)cc(C4CC4)n3)c(=O)c2[nH]1. The van der Waals surface area contributed by atoms with E-state index in [2.05, 4.69) is 25.6 Å². The summed E-state index contributed by atoms with van der Waals surface area (Å²) in [6.07, 6.45) is -0.681. The molecule has 41 heavy (non-hydrogen) atoms. The number of aryl methyl sites for hydroxylation is 1. The third-order valence-electron chi connectivity index (χ3n) is 7.01. The smallest absolute Gasteiger partial charge is 0.370 e. The quantitative estimate of drug-likeness (QED) is 0.156. The molecule has 0 unspecified atom stereocenters. The summed E-state index contributed by atoms with van der Waals surface area (Å²) in [5.41, 5.74) is 1.38. The van der Waals surface area contributed by atoms with E-state index in [1.807, 2.05) is 6.07 Å². The number of nitrogens with one attached hydrogen (secondary N) is 2. The predicted octanol–water partition coefficient (Wildman–Crippen LogP) is 5.00. The normalized spacial score (nSPS) is 13.8. The second kappa shape index (κ2) is 10.2. The van der Waals surface area contributed by atoms with E-state index in [-0.39, 0.29) is 35.9 Å². The van der Waals surface area contributed by atoms with Crippen LogP contribution in [0.25, 0.3) is 33.5 Å². The number of H-pyrrole nitrogens is 1. The number of aromatic nitrogens is 6. The molecular formula is C28H25F4N7O2. The number of hydrogen-bond acceptors (Lipinski definition) is 6. The molecule has 0 aliphatic heterocycles. The van der Waals surface area contributed by atoms with Crippen molar-refractivity contribution in [2.75, 3.05) is 13.8 Å². The summed E-state index contributed by atoms with van der Waals surface area (Å²) in [5, 5.41) is 10.7. The Morgan fingerprint density at radius 2 is 1.98 bits per heavy atom. The zero-order valence-corrected chi connectivity index (χ0v) is 22.1. The first-order chi connectivity index (χ1) is 19.6. The molecular weight excluding hydrogens is 542 g/mol. The van der Waals surface area contributed by atoms with Gasteiger partial charge in [0.15, 0.2) is 0 Å². The summed E-state index contributed by atoms with van der Waals surface area (Å²) in [4.78, 5) is 21.1. The minimum Gasteiger partial charge on any atom is -0.370 e. The molecule has 212 valence electrons. The van der Waals surface area contributed by atoms with Crippen molar-refractivity contribution in [3.8, 4) is 22.6 Å². The van der Waals surface area contributed by atoms with Gasteiger partial charge in [0.1, 0.15) is 17.2 Å². The monoisotopic (exact) mass is 567 g/mol. The lowest BCUT2D eigenvalue weighted by atomic mass is 10.0. The molecule has 0 bridgehead atoms. The minimum atomic E-state index is -4.74. The van der Waals surface area contributed by atoms with E-state index in [4.69, 9.17) is 4.74 Å². The number of ether oxygens (including phenoxy) is 1. The van der Waals surface area contributed by atoms with E-state index in [0.29, 0.717) is 33.9 Å². The number of hydrogen-bond donors (Lipinski definition) is 2. The van der Waals surface area contributed by atoms with Gasteiger partial charge in [0.2, 0.25) is 0 Å². The summed E-state index contributed by atoms with van der Waals surface area (Å²) >= 11 is 0. The second-order valence-electron chi connectivity index (χ2n) is 10.0. The van der Waals surface area contributed by atoms with Crippen molar-refractivity contribution in [3.63, 3.8) is 0 Å². The maximum atomic E-state index is 14.4. The Hall–Kier alpha value is -4.36. The van der Waals surface area contributed by atoms with E-state index in [1.165, 1.54) is 42.3 Å². The van der Waals surface area contributed by atoms with E-state index in [9.17, 15) is 22.4 Å². The van der Waals surface area contributed by atoms with Crippen molar-refractivity contribution in [2.24, 2.45) is 0 Å². The first kappa shape index (κ1) is 26.8. The molecule has 1 aromatic carbocycles. The molecule has 1 fully saturated rings. The molecule has 0 atom stereocenters. The van der Waals surface area contributed by atoms with Gasteiger partial charge in [-0.2, -0.15) is 13.2 Å². The van der Waals surface area contributed by atoms with Gasteiger partial charge in [0.05, 0.1) is 29.9 Å². The van der Waals surface area contributed by atoms with Crippen molar-refractivity contribution >= 4 is 10.9 Å². The Kier molecular flexibility index (Phi) is 6.70. The first-order valence-electron chi connectivity index (χ1n) is 12.9. The van der Waals surface area contributed by atoms with Crippen molar-refractivity contribution < 1.29 is 22.3 Å². The number of benzene rings is 1. The number of pyridine rings is 2. The van der Waals surface area contributed by atoms with Crippen LogP contribution in [0.3, 0.4) is 0 Å². The lowest BCUT2D eigenvalue weighted by Crippen LogP contribution is -2.23. The van der Waals surface area contributed by atoms with Crippen LogP contribution >= 0.6 is 0 Å². The molecule has 1 saturated carbocycles. The zero-order chi connectivity index (χ0) is 28.9. The number of aromatic amines is 1. The summed E-state index contributed by atoms with van der Waals surface area (Å²) in [7, 11) is 1.48. The lowest BCUT2D eigenvalue weighted by molar-refractivity contribution is -0.136. The number of alkyl halides is 3. The molecule has 1 aliphatic rings. The van der Waals surface area contributed by atoms with Crippen molar-refractivity contribution in [2.45, 2.75) is 38.4 Å². The molecule has 0 saturated heterocycles. The van der Waals surface area contributed by atoms with Gasteiger partial charge < -0.3 is 9.72 Å². The van der Waals surface area contributed by atoms with Crippen LogP contribution in [0.5, 0.6) is 0 Å². The first-order valence-corrected chi connectivity index (χ1v) is 12.9. The third kappa shape index (κ3) is 5.13. The molecule has 13 heteroatoms. The fourth-order valence-corrected chi connectivity index (χ4v) is 4.90. The van der Waals surface area contributed by atoms with Crippen molar-refractivity contribution in [1.82, 2.24) is 34.8 Å². The molecule has 0 spiro atoms. The van der Waals surface area contributed by atoms with Crippen LogP contribution in [-0.4, -0.2) is 43.4 Å². The maximum Gasteiger partial charge on any atom is 0.418 e. The van der Waals surface area contributed by atoms with E-state index in [0.717, 1.165) is 23.6 Å².